The van der Waals surface area contributed by atoms with Crippen LogP contribution in [0.25, 0.3) is 0 Å². The molecule has 2 rings (SSSR count). The zero-order valence-electron chi connectivity index (χ0n) is 12.2. The molecule has 3 heteroatoms. The molecule has 18 heavy (non-hydrogen) atoms. The van der Waals surface area contributed by atoms with Gasteiger partial charge in [-0.05, 0) is 50.6 Å². The van der Waals surface area contributed by atoms with Gasteiger partial charge in [0.2, 0.25) is 0 Å². The van der Waals surface area contributed by atoms with Gasteiger partial charge in [0.1, 0.15) is 0 Å². The monoisotopic (exact) mass is 254 g/mol. The summed E-state index contributed by atoms with van der Waals surface area (Å²) >= 11 is 0. The maximum absolute atomic E-state index is 5.56. The molecule has 0 radical (unpaired) electrons. The molecule has 1 N–H and O–H groups in total. The van der Waals surface area contributed by atoms with Crippen LogP contribution in [0.4, 0.5) is 0 Å². The Bertz CT molecular complexity index is 233. The minimum atomic E-state index is 0.461. The first kappa shape index (κ1) is 14.3. The number of piperidine rings is 1. The fourth-order valence-corrected chi connectivity index (χ4v) is 3.67. The number of likely N-dealkylation sites (tertiary alicyclic amines) is 1. The van der Waals surface area contributed by atoms with Crippen molar-refractivity contribution >= 4 is 0 Å². The van der Waals surface area contributed by atoms with Crippen LogP contribution in [0.15, 0.2) is 0 Å². The summed E-state index contributed by atoms with van der Waals surface area (Å²) in [5.41, 5.74) is 0.461. The molecule has 0 aromatic rings. The Balaban J connectivity index is 1.91. The van der Waals surface area contributed by atoms with Gasteiger partial charge >= 0.3 is 0 Å². The summed E-state index contributed by atoms with van der Waals surface area (Å²) in [6, 6.07) is 0. The number of nitrogens with one attached hydrogen (secondary N) is 1. The second-order valence-corrected chi connectivity index (χ2v) is 6.29. The highest BCUT2D eigenvalue weighted by Crippen LogP contribution is 2.32. The van der Waals surface area contributed by atoms with E-state index in [0.29, 0.717) is 5.41 Å². The third-order valence-electron chi connectivity index (χ3n) is 4.84. The molecule has 0 saturated carbocycles. The van der Waals surface area contributed by atoms with Crippen molar-refractivity contribution in [3.8, 4) is 0 Å². The molecule has 0 aliphatic carbocycles. The molecule has 3 nitrogen and oxygen atoms in total. The molecule has 2 fully saturated rings. The summed E-state index contributed by atoms with van der Waals surface area (Å²) in [7, 11) is 2.09. The average molecular weight is 254 g/mol. The van der Waals surface area contributed by atoms with Crippen LogP contribution < -0.4 is 5.32 Å². The van der Waals surface area contributed by atoms with Gasteiger partial charge in [0.05, 0.1) is 0 Å². The van der Waals surface area contributed by atoms with Crippen LogP contribution >= 0.6 is 0 Å². The third kappa shape index (κ3) is 3.69. The average Bonchev–Trinajstić information content (AvgIpc) is 2.40. The van der Waals surface area contributed by atoms with E-state index in [1.807, 2.05) is 0 Å². The van der Waals surface area contributed by atoms with Crippen molar-refractivity contribution in [2.75, 3.05) is 46.4 Å². The number of rotatable bonds is 5. The van der Waals surface area contributed by atoms with Crippen LogP contribution in [0.1, 0.15) is 39.0 Å². The fraction of sp³-hybridized carbons (Fsp3) is 1.00. The van der Waals surface area contributed by atoms with Crippen molar-refractivity contribution in [3.05, 3.63) is 0 Å². The SMILES string of the molecule is CCC1CCCN(CC2(CNC)CCOCC2)C1. The predicted molar refractivity (Wildman–Crippen MR) is 75.9 cm³/mol. The number of hydrogen-bond acceptors (Lipinski definition) is 3. The van der Waals surface area contributed by atoms with Gasteiger partial charge in [0.25, 0.3) is 0 Å². The minimum absolute atomic E-state index is 0.461. The van der Waals surface area contributed by atoms with E-state index in [9.17, 15) is 0 Å². The van der Waals surface area contributed by atoms with Gasteiger partial charge in [-0.2, -0.15) is 0 Å². The van der Waals surface area contributed by atoms with E-state index < -0.39 is 0 Å². The third-order valence-corrected chi connectivity index (χ3v) is 4.84. The highest BCUT2D eigenvalue weighted by atomic mass is 16.5. The summed E-state index contributed by atoms with van der Waals surface area (Å²) < 4.78 is 5.56. The van der Waals surface area contributed by atoms with Crippen LogP contribution in [0.2, 0.25) is 0 Å². The maximum Gasteiger partial charge on any atom is 0.0472 e. The molecule has 0 aromatic heterocycles. The molecule has 2 aliphatic rings. The molecule has 2 heterocycles. The molecule has 0 amide bonds. The minimum Gasteiger partial charge on any atom is -0.381 e. The Morgan fingerprint density at radius 3 is 2.78 bits per heavy atom. The zero-order valence-corrected chi connectivity index (χ0v) is 12.2. The summed E-state index contributed by atoms with van der Waals surface area (Å²) in [6.45, 7) is 9.29. The van der Waals surface area contributed by atoms with Crippen molar-refractivity contribution in [1.82, 2.24) is 10.2 Å². The van der Waals surface area contributed by atoms with Crippen LogP contribution in [-0.4, -0.2) is 51.3 Å². The summed E-state index contributed by atoms with van der Waals surface area (Å²) in [5.74, 6) is 0.935. The molecule has 0 bridgehead atoms. The lowest BCUT2D eigenvalue weighted by Crippen LogP contribution is -2.49. The second-order valence-electron chi connectivity index (χ2n) is 6.29. The fourth-order valence-electron chi connectivity index (χ4n) is 3.67. The Morgan fingerprint density at radius 2 is 2.11 bits per heavy atom. The first-order valence-electron chi connectivity index (χ1n) is 7.73. The maximum atomic E-state index is 5.56. The van der Waals surface area contributed by atoms with E-state index in [0.717, 1.165) is 25.7 Å². The summed E-state index contributed by atoms with van der Waals surface area (Å²) in [6.07, 6.45) is 6.63. The normalized spacial score (nSPS) is 29.3. The lowest BCUT2D eigenvalue weighted by molar-refractivity contribution is -0.0103. The van der Waals surface area contributed by atoms with E-state index in [4.69, 9.17) is 4.74 Å². The van der Waals surface area contributed by atoms with Crippen LogP contribution in [0.5, 0.6) is 0 Å². The van der Waals surface area contributed by atoms with Gasteiger partial charge in [-0.3, -0.25) is 0 Å². The van der Waals surface area contributed by atoms with E-state index in [1.54, 1.807) is 0 Å². The number of hydrogen-bond donors (Lipinski definition) is 1. The van der Waals surface area contributed by atoms with E-state index in [-0.39, 0.29) is 0 Å². The summed E-state index contributed by atoms with van der Waals surface area (Å²) in [5, 5.41) is 3.41. The lowest BCUT2D eigenvalue weighted by atomic mass is 9.79. The van der Waals surface area contributed by atoms with Crippen molar-refractivity contribution in [2.24, 2.45) is 11.3 Å². The molecule has 1 unspecified atom stereocenters. The lowest BCUT2D eigenvalue weighted by Gasteiger charge is -2.43. The van der Waals surface area contributed by atoms with Gasteiger partial charge in [-0.25, -0.2) is 0 Å². The first-order chi connectivity index (χ1) is 8.78. The van der Waals surface area contributed by atoms with E-state index in [2.05, 4.69) is 24.2 Å². The first-order valence-corrected chi connectivity index (χ1v) is 7.73. The topological polar surface area (TPSA) is 24.5 Å². The van der Waals surface area contributed by atoms with Crippen molar-refractivity contribution < 1.29 is 4.74 Å². The van der Waals surface area contributed by atoms with Crippen molar-refractivity contribution in [1.29, 1.82) is 0 Å². The molecule has 1 atom stereocenters. The van der Waals surface area contributed by atoms with Crippen LogP contribution in [-0.2, 0) is 4.74 Å². The zero-order chi connectivity index (χ0) is 12.8. The van der Waals surface area contributed by atoms with Crippen molar-refractivity contribution in [2.45, 2.75) is 39.0 Å². The van der Waals surface area contributed by atoms with Gasteiger partial charge in [-0.15, -0.1) is 0 Å². The quantitative estimate of drug-likeness (QED) is 0.813. The van der Waals surface area contributed by atoms with Gasteiger partial charge in [-0.1, -0.05) is 13.3 Å². The largest absolute Gasteiger partial charge is 0.381 e. The van der Waals surface area contributed by atoms with Gasteiger partial charge < -0.3 is 15.0 Å². The standard InChI is InChI=1S/C15H30N2O/c1-3-14-5-4-8-17(11-14)13-15(12-16-2)6-9-18-10-7-15/h14,16H,3-13H2,1-2H3. The molecule has 2 aliphatic heterocycles. The van der Waals surface area contributed by atoms with Crippen molar-refractivity contribution in [3.63, 3.8) is 0 Å². The molecule has 0 aromatic carbocycles. The van der Waals surface area contributed by atoms with Gasteiger partial charge in [0, 0.05) is 32.8 Å². The van der Waals surface area contributed by atoms with E-state index in [1.165, 1.54) is 51.7 Å². The van der Waals surface area contributed by atoms with Gasteiger partial charge in [0.15, 0.2) is 0 Å². The summed E-state index contributed by atoms with van der Waals surface area (Å²) in [4.78, 5) is 2.72. The smallest absolute Gasteiger partial charge is 0.0472 e. The molecular formula is C15H30N2O. The Labute approximate surface area is 112 Å². The molecule has 0 spiro atoms. The predicted octanol–water partition coefficient (Wildman–Crippen LogP) is 2.12. The number of nitrogens with zero attached hydrogens (tertiary/aromatic N) is 1. The Kier molecular flexibility index (Phi) is 5.46. The van der Waals surface area contributed by atoms with E-state index >= 15 is 0 Å². The Morgan fingerprint density at radius 1 is 1.33 bits per heavy atom. The Hall–Kier alpha value is -0.120. The van der Waals surface area contributed by atoms with Crippen LogP contribution in [0.3, 0.4) is 0 Å². The highest BCUT2D eigenvalue weighted by molar-refractivity contribution is 4.88. The molecular weight excluding hydrogens is 224 g/mol. The molecule has 106 valence electrons. The highest BCUT2D eigenvalue weighted by Gasteiger charge is 2.34. The molecule has 2 saturated heterocycles. The second kappa shape index (κ2) is 6.88. The number of ether oxygens (including phenoxy) is 1. The van der Waals surface area contributed by atoms with Crippen LogP contribution in [0, 0.1) is 11.3 Å².